The zero-order chi connectivity index (χ0) is 19.9. The van der Waals surface area contributed by atoms with Crippen LogP contribution in [0.3, 0.4) is 0 Å². The molecule has 3 aromatic carbocycles. The van der Waals surface area contributed by atoms with Crippen molar-refractivity contribution in [1.29, 1.82) is 10.5 Å². The van der Waals surface area contributed by atoms with E-state index in [0.29, 0.717) is 11.1 Å². The SMILES string of the molecule is N#Cc1ccc(C#Cc2ccc(C#Cc3ccc(C#N)c(F)c3)cc2)cc1F. The second-order valence-corrected chi connectivity index (χ2v) is 5.69. The molecule has 2 nitrogen and oxygen atoms in total. The van der Waals surface area contributed by atoms with Gasteiger partial charge in [-0.05, 0) is 60.7 Å². The van der Waals surface area contributed by atoms with E-state index in [1.807, 2.05) is 0 Å². The summed E-state index contributed by atoms with van der Waals surface area (Å²) in [4.78, 5) is 0. The largest absolute Gasteiger partial charge is 0.206 e. The Bertz CT molecular complexity index is 1150. The first-order chi connectivity index (χ1) is 13.6. The summed E-state index contributed by atoms with van der Waals surface area (Å²) in [6.07, 6.45) is 0. The summed E-state index contributed by atoms with van der Waals surface area (Å²) in [6.45, 7) is 0. The summed E-state index contributed by atoms with van der Waals surface area (Å²) in [6, 6.07) is 19.0. The van der Waals surface area contributed by atoms with Gasteiger partial charge in [-0.3, -0.25) is 0 Å². The lowest BCUT2D eigenvalue weighted by atomic mass is 10.1. The van der Waals surface area contributed by atoms with Crippen LogP contribution in [0, 0.1) is 58.0 Å². The van der Waals surface area contributed by atoms with Gasteiger partial charge in [0, 0.05) is 22.3 Å². The Morgan fingerprint density at radius 3 is 1.14 bits per heavy atom. The zero-order valence-corrected chi connectivity index (χ0v) is 14.4. The van der Waals surface area contributed by atoms with Crippen LogP contribution in [-0.2, 0) is 0 Å². The summed E-state index contributed by atoms with van der Waals surface area (Å²) in [5.41, 5.74) is 2.36. The van der Waals surface area contributed by atoms with E-state index >= 15 is 0 Å². The summed E-state index contributed by atoms with van der Waals surface area (Å²) in [5.74, 6) is 10.3. The fourth-order valence-electron chi connectivity index (χ4n) is 2.29. The Kier molecular flexibility index (Phi) is 5.48. The van der Waals surface area contributed by atoms with Gasteiger partial charge in [0.1, 0.15) is 23.8 Å². The topological polar surface area (TPSA) is 47.6 Å². The van der Waals surface area contributed by atoms with Crippen LogP contribution < -0.4 is 0 Å². The zero-order valence-electron chi connectivity index (χ0n) is 14.4. The molecule has 0 saturated heterocycles. The highest BCUT2D eigenvalue weighted by Gasteiger charge is 2.01. The Labute approximate surface area is 161 Å². The minimum absolute atomic E-state index is 0.0179. The molecule has 0 radical (unpaired) electrons. The van der Waals surface area contributed by atoms with Crippen LogP contribution >= 0.6 is 0 Å². The van der Waals surface area contributed by atoms with Crippen LogP contribution in [0.5, 0.6) is 0 Å². The lowest BCUT2D eigenvalue weighted by Gasteiger charge is -1.95. The first-order valence-electron chi connectivity index (χ1n) is 8.12. The van der Waals surface area contributed by atoms with E-state index < -0.39 is 11.6 Å². The van der Waals surface area contributed by atoms with Crippen molar-refractivity contribution in [3.63, 3.8) is 0 Å². The quantitative estimate of drug-likeness (QED) is 0.551. The van der Waals surface area contributed by atoms with Gasteiger partial charge in [-0.2, -0.15) is 10.5 Å². The summed E-state index contributed by atoms with van der Waals surface area (Å²) < 4.78 is 27.2. The lowest BCUT2D eigenvalue weighted by Crippen LogP contribution is -1.85. The average molecular weight is 364 g/mol. The van der Waals surface area contributed by atoms with Gasteiger partial charge in [0.15, 0.2) is 0 Å². The predicted octanol–water partition coefficient (Wildman–Crippen LogP) is 4.51. The van der Waals surface area contributed by atoms with E-state index in [9.17, 15) is 8.78 Å². The normalized spacial score (nSPS) is 9.14. The number of hydrogen-bond acceptors (Lipinski definition) is 2. The number of hydrogen-bond donors (Lipinski definition) is 0. The van der Waals surface area contributed by atoms with Crippen LogP contribution in [0.1, 0.15) is 33.4 Å². The maximum atomic E-state index is 13.6. The van der Waals surface area contributed by atoms with Gasteiger partial charge < -0.3 is 0 Å². The lowest BCUT2D eigenvalue weighted by molar-refractivity contribution is 0.623. The Balaban J connectivity index is 1.75. The molecule has 0 atom stereocenters. The van der Waals surface area contributed by atoms with Gasteiger partial charge in [0.2, 0.25) is 0 Å². The molecule has 28 heavy (non-hydrogen) atoms. The van der Waals surface area contributed by atoms with E-state index in [1.54, 1.807) is 48.5 Å². The average Bonchev–Trinajstić information content (AvgIpc) is 2.71. The third kappa shape index (κ3) is 4.42. The van der Waals surface area contributed by atoms with Crippen LogP contribution in [0.4, 0.5) is 8.78 Å². The van der Waals surface area contributed by atoms with E-state index in [1.165, 1.54) is 24.3 Å². The number of rotatable bonds is 0. The molecule has 0 aliphatic heterocycles. The summed E-state index contributed by atoms with van der Waals surface area (Å²) in [5, 5.41) is 17.5. The van der Waals surface area contributed by atoms with E-state index in [4.69, 9.17) is 10.5 Å². The highest BCUT2D eigenvalue weighted by Crippen LogP contribution is 2.10. The fourth-order valence-corrected chi connectivity index (χ4v) is 2.29. The van der Waals surface area contributed by atoms with Crippen molar-refractivity contribution in [1.82, 2.24) is 0 Å². The van der Waals surface area contributed by atoms with Crippen LogP contribution in [0.2, 0.25) is 0 Å². The Morgan fingerprint density at radius 1 is 0.500 bits per heavy atom. The van der Waals surface area contributed by atoms with Crippen molar-refractivity contribution in [2.24, 2.45) is 0 Å². The molecular formula is C24H10F2N2. The molecule has 3 aromatic rings. The molecule has 4 heteroatoms. The standard InChI is InChI=1S/C24H10F2N2/c25-23-13-19(9-11-21(23)15-27)7-5-17-1-2-18(4-3-17)6-8-20-10-12-22(16-28)24(26)14-20/h1-4,9-14H. The smallest absolute Gasteiger partial charge is 0.142 e. The molecule has 3 rings (SSSR count). The third-order valence-corrected chi connectivity index (χ3v) is 3.77. The van der Waals surface area contributed by atoms with Crippen LogP contribution in [0.25, 0.3) is 0 Å². The summed E-state index contributed by atoms with van der Waals surface area (Å²) >= 11 is 0. The van der Waals surface area contributed by atoms with Crippen molar-refractivity contribution in [3.8, 4) is 35.8 Å². The Hall–Kier alpha value is -4.38. The first kappa shape index (κ1) is 18.4. The van der Waals surface area contributed by atoms with Crippen molar-refractivity contribution < 1.29 is 8.78 Å². The minimum Gasteiger partial charge on any atom is -0.206 e. The van der Waals surface area contributed by atoms with E-state index in [0.717, 1.165) is 11.1 Å². The van der Waals surface area contributed by atoms with Gasteiger partial charge in [0.05, 0.1) is 11.1 Å². The molecule has 0 spiro atoms. The van der Waals surface area contributed by atoms with Crippen LogP contribution in [0.15, 0.2) is 60.7 Å². The molecule has 0 heterocycles. The maximum absolute atomic E-state index is 13.6. The molecule has 0 unspecified atom stereocenters. The number of halogens is 2. The van der Waals surface area contributed by atoms with Gasteiger partial charge in [-0.15, -0.1) is 0 Å². The van der Waals surface area contributed by atoms with Crippen molar-refractivity contribution in [2.45, 2.75) is 0 Å². The molecule has 130 valence electrons. The van der Waals surface area contributed by atoms with Crippen molar-refractivity contribution in [2.75, 3.05) is 0 Å². The highest BCUT2D eigenvalue weighted by atomic mass is 19.1. The number of benzene rings is 3. The Morgan fingerprint density at radius 2 is 0.821 bits per heavy atom. The molecule has 0 amide bonds. The molecule has 0 saturated carbocycles. The van der Waals surface area contributed by atoms with E-state index in [-0.39, 0.29) is 11.1 Å². The second kappa shape index (κ2) is 8.33. The molecule has 0 aliphatic rings. The fraction of sp³-hybridized carbons (Fsp3) is 0. The molecule has 0 aliphatic carbocycles. The van der Waals surface area contributed by atoms with Gasteiger partial charge in [0.25, 0.3) is 0 Å². The maximum Gasteiger partial charge on any atom is 0.142 e. The molecular weight excluding hydrogens is 354 g/mol. The third-order valence-electron chi connectivity index (χ3n) is 3.77. The minimum atomic E-state index is -0.598. The van der Waals surface area contributed by atoms with Crippen LogP contribution in [-0.4, -0.2) is 0 Å². The van der Waals surface area contributed by atoms with Gasteiger partial charge in [-0.25, -0.2) is 8.78 Å². The first-order valence-corrected chi connectivity index (χ1v) is 8.12. The molecule has 0 bridgehead atoms. The number of nitriles is 2. The summed E-state index contributed by atoms with van der Waals surface area (Å²) in [7, 11) is 0. The number of nitrogens with zero attached hydrogens (tertiary/aromatic N) is 2. The van der Waals surface area contributed by atoms with Gasteiger partial charge >= 0.3 is 0 Å². The highest BCUT2D eigenvalue weighted by molar-refractivity contribution is 5.49. The van der Waals surface area contributed by atoms with Crippen molar-refractivity contribution in [3.05, 3.63) is 106 Å². The van der Waals surface area contributed by atoms with Gasteiger partial charge in [-0.1, -0.05) is 23.7 Å². The second-order valence-electron chi connectivity index (χ2n) is 5.69. The van der Waals surface area contributed by atoms with E-state index in [2.05, 4.69) is 23.7 Å². The predicted molar refractivity (Wildman–Crippen MR) is 101 cm³/mol. The molecule has 0 fully saturated rings. The monoisotopic (exact) mass is 364 g/mol. The molecule has 0 aromatic heterocycles. The van der Waals surface area contributed by atoms with Crippen molar-refractivity contribution >= 4 is 0 Å². The molecule has 0 N–H and O–H groups in total.